The van der Waals surface area contributed by atoms with E-state index in [0.717, 1.165) is 15.8 Å². The summed E-state index contributed by atoms with van der Waals surface area (Å²) in [7, 11) is 0. The van der Waals surface area contributed by atoms with E-state index in [1.807, 2.05) is 24.5 Å². The van der Waals surface area contributed by atoms with E-state index in [1.54, 1.807) is 11.8 Å². The van der Waals surface area contributed by atoms with Gasteiger partial charge < -0.3 is 10.7 Å². The smallest absolute Gasteiger partial charge is 0.120 e. The second kappa shape index (κ2) is 3.28. The van der Waals surface area contributed by atoms with Gasteiger partial charge in [-0.05, 0) is 18.4 Å². The highest BCUT2D eigenvalue weighted by Crippen LogP contribution is 2.31. The molecule has 0 bridgehead atoms. The lowest BCUT2D eigenvalue weighted by Gasteiger charge is -1.97. The molecule has 0 atom stereocenters. The van der Waals surface area contributed by atoms with Crippen LogP contribution >= 0.6 is 11.8 Å². The molecule has 0 fully saturated rings. The van der Waals surface area contributed by atoms with E-state index in [1.165, 1.54) is 0 Å². The molecule has 1 aromatic heterocycles. The number of hydrogen-bond donors (Lipinski definition) is 2. The average molecular weight is 203 g/mol. The SMILES string of the molecule is CSc1cccc2[nH]c(N)c(C#N)c12. The summed E-state index contributed by atoms with van der Waals surface area (Å²) in [5, 5.41) is 9.90. The van der Waals surface area contributed by atoms with Crippen LogP contribution in [-0.2, 0) is 0 Å². The Morgan fingerprint density at radius 1 is 1.50 bits per heavy atom. The third-order valence-electron chi connectivity index (χ3n) is 2.15. The van der Waals surface area contributed by atoms with Gasteiger partial charge in [0.05, 0.1) is 0 Å². The predicted molar refractivity (Wildman–Crippen MR) is 59.2 cm³/mol. The number of aromatic nitrogens is 1. The van der Waals surface area contributed by atoms with Crippen molar-refractivity contribution in [2.45, 2.75) is 4.90 Å². The van der Waals surface area contributed by atoms with E-state index in [0.29, 0.717) is 11.4 Å². The Labute approximate surface area is 85.9 Å². The lowest BCUT2D eigenvalue weighted by molar-refractivity contribution is 1.44. The molecule has 2 rings (SSSR count). The maximum atomic E-state index is 8.97. The summed E-state index contributed by atoms with van der Waals surface area (Å²) in [5.41, 5.74) is 7.17. The number of hydrogen-bond acceptors (Lipinski definition) is 3. The lowest BCUT2D eigenvalue weighted by atomic mass is 10.2. The Kier molecular flexibility index (Phi) is 2.10. The summed E-state index contributed by atoms with van der Waals surface area (Å²) in [4.78, 5) is 4.07. The van der Waals surface area contributed by atoms with Crippen LogP contribution in [0, 0.1) is 11.3 Å². The predicted octanol–water partition coefficient (Wildman–Crippen LogP) is 2.34. The number of nitrogens with zero attached hydrogens (tertiary/aromatic N) is 1. The number of thioether (sulfide) groups is 1. The van der Waals surface area contributed by atoms with E-state index in [4.69, 9.17) is 11.0 Å². The maximum Gasteiger partial charge on any atom is 0.120 e. The summed E-state index contributed by atoms with van der Waals surface area (Å²) in [6.07, 6.45) is 1.99. The van der Waals surface area contributed by atoms with Gasteiger partial charge in [-0.3, -0.25) is 0 Å². The highest BCUT2D eigenvalue weighted by molar-refractivity contribution is 7.98. The fourth-order valence-electron chi connectivity index (χ4n) is 1.52. The molecule has 4 heteroatoms. The standard InChI is InChI=1S/C10H9N3S/c1-14-8-4-2-3-7-9(8)6(5-11)10(12)13-7/h2-4,13H,12H2,1H3. The number of rotatable bonds is 1. The van der Waals surface area contributed by atoms with Crippen molar-refractivity contribution in [1.29, 1.82) is 5.26 Å². The second-order valence-corrected chi connectivity index (χ2v) is 3.76. The van der Waals surface area contributed by atoms with Crippen LogP contribution < -0.4 is 5.73 Å². The van der Waals surface area contributed by atoms with Gasteiger partial charge in [0, 0.05) is 15.8 Å². The minimum Gasteiger partial charge on any atom is -0.384 e. The van der Waals surface area contributed by atoms with Gasteiger partial charge in [0.1, 0.15) is 17.5 Å². The van der Waals surface area contributed by atoms with Gasteiger partial charge in [-0.25, -0.2) is 0 Å². The van der Waals surface area contributed by atoms with Crippen LogP contribution in [0.15, 0.2) is 23.1 Å². The number of H-pyrrole nitrogens is 1. The molecule has 0 amide bonds. The Hall–Kier alpha value is -1.60. The van der Waals surface area contributed by atoms with Crippen LogP contribution in [-0.4, -0.2) is 11.2 Å². The van der Waals surface area contributed by atoms with Crippen molar-refractivity contribution >= 4 is 28.5 Å². The highest BCUT2D eigenvalue weighted by Gasteiger charge is 2.11. The maximum absolute atomic E-state index is 8.97. The summed E-state index contributed by atoms with van der Waals surface area (Å²) in [5.74, 6) is 0.448. The Morgan fingerprint density at radius 3 is 2.93 bits per heavy atom. The van der Waals surface area contributed by atoms with E-state index in [2.05, 4.69) is 11.1 Å². The number of aromatic amines is 1. The number of fused-ring (bicyclic) bond motifs is 1. The minimum atomic E-state index is 0.448. The van der Waals surface area contributed by atoms with Crippen LogP contribution in [0.2, 0.25) is 0 Å². The zero-order chi connectivity index (χ0) is 10.1. The van der Waals surface area contributed by atoms with Crippen molar-refractivity contribution < 1.29 is 0 Å². The molecule has 3 nitrogen and oxygen atoms in total. The van der Waals surface area contributed by atoms with Crippen molar-refractivity contribution in [3.05, 3.63) is 23.8 Å². The molecule has 70 valence electrons. The average Bonchev–Trinajstić information content (AvgIpc) is 2.52. The van der Waals surface area contributed by atoms with Crippen molar-refractivity contribution in [3.8, 4) is 6.07 Å². The molecule has 1 heterocycles. The molecule has 0 radical (unpaired) electrons. The van der Waals surface area contributed by atoms with Gasteiger partial charge in [0.2, 0.25) is 0 Å². The molecule has 1 aromatic carbocycles. The highest BCUT2D eigenvalue weighted by atomic mass is 32.2. The minimum absolute atomic E-state index is 0.448. The Balaban J connectivity index is 2.91. The molecule has 14 heavy (non-hydrogen) atoms. The normalized spacial score (nSPS) is 10.3. The lowest BCUT2D eigenvalue weighted by Crippen LogP contribution is -1.86. The number of nitrogen functional groups attached to an aromatic ring is 1. The van der Waals surface area contributed by atoms with Crippen molar-refractivity contribution in [2.24, 2.45) is 0 Å². The zero-order valence-corrected chi connectivity index (χ0v) is 8.48. The molecular weight excluding hydrogens is 194 g/mol. The fraction of sp³-hybridized carbons (Fsp3) is 0.100. The molecule has 0 aliphatic heterocycles. The van der Waals surface area contributed by atoms with E-state index in [-0.39, 0.29) is 0 Å². The first-order chi connectivity index (χ1) is 6.77. The molecule has 0 aliphatic carbocycles. The largest absolute Gasteiger partial charge is 0.384 e. The Morgan fingerprint density at radius 2 is 2.29 bits per heavy atom. The molecule has 0 saturated heterocycles. The van der Waals surface area contributed by atoms with E-state index in [9.17, 15) is 0 Å². The number of nitriles is 1. The van der Waals surface area contributed by atoms with Crippen molar-refractivity contribution in [3.63, 3.8) is 0 Å². The number of anilines is 1. The first kappa shape index (κ1) is 8.97. The van der Waals surface area contributed by atoms with E-state index < -0.39 is 0 Å². The van der Waals surface area contributed by atoms with E-state index >= 15 is 0 Å². The van der Waals surface area contributed by atoms with Crippen LogP contribution in [0.3, 0.4) is 0 Å². The second-order valence-electron chi connectivity index (χ2n) is 2.91. The van der Waals surface area contributed by atoms with Crippen molar-refractivity contribution in [2.75, 3.05) is 12.0 Å². The molecule has 0 unspecified atom stereocenters. The van der Waals surface area contributed by atoms with Gasteiger partial charge in [0.25, 0.3) is 0 Å². The molecule has 2 aromatic rings. The number of nitrogens with two attached hydrogens (primary N) is 1. The molecule has 0 spiro atoms. The zero-order valence-electron chi connectivity index (χ0n) is 7.66. The summed E-state index contributed by atoms with van der Waals surface area (Å²) < 4.78 is 0. The molecule has 0 saturated carbocycles. The van der Waals surface area contributed by atoms with Crippen LogP contribution in [0.5, 0.6) is 0 Å². The summed E-state index contributed by atoms with van der Waals surface area (Å²) in [6.45, 7) is 0. The summed E-state index contributed by atoms with van der Waals surface area (Å²) in [6, 6.07) is 7.98. The van der Waals surface area contributed by atoms with Gasteiger partial charge in [-0.15, -0.1) is 11.8 Å². The van der Waals surface area contributed by atoms with Crippen LogP contribution in [0.4, 0.5) is 5.82 Å². The van der Waals surface area contributed by atoms with Crippen molar-refractivity contribution in [1.82, 2.24) is 4.98 Å². The van der Waals surface area contributed by atoms with Gasteiger partial charge in [-0.1, -0.05) is 6.07 Å². The molecular formula is C10H9N3S. The third-order valence-corrected chi connectivity index (χ3v) is 2.93. The monoisotopic (exact) mass is 203 g/mol. The van der Waals surface area contributed by atoms with Gasteiger partial charge in [0.15, 0.2) is 0 Å². The molecule has 3 N–H and O–H groups in total. The summed E-state index contributed by atoms with van der Waals surface area (Å²) >= 11 is 1.61. The first-order valence-electron chi connectivity index (χ1n) is 4.12. The van der Waals surface area contributed by atoms with Crippen LogP contribution in [0.25, 0.3) is 10.9 Å². The topological polar surface area (TPSA) is 65.6 Å². The Bertz CT molecular complexity index is 522. The fourth-order valence-corrected chi connectivity index (χ4v) is 2.15. The van der Waals surface area contributed by atoms with Gasteiger partial charge >= 0.3 is 0 Å². The quantitative estimate of drug-likeness (QED) is 0.699. The number of nitrogens with one attached hydrogen (secondary N) is 1. The third kappa shape index (κ3) is 1.14. The van der Waals surface area contributed by atoms with Crippen LogP contribution in [0.1, 0.15) is 5.56 Å². The first-order valence-corrected chi connectivity index (χ1v) is 5.34. The van der Waals surface area contributed by atoms with Gasteiger partial charge in [-0.2, -0.15) is 5.26 Å². The molecule has 0 aliphatic rings. The number of benzene rings is 1.